The number of nitrogens with one attached hydrogen (secondary N) is 1. The van der Waals surface area contributed by atoms with Crippen LogP contribution in [0, 0.1) is 5.92 Å². The summed E-state index contributed by atoms with van der Waals surface area (Å²) in [5, 5.41) is 3.19. The van der Waals surface area contributed by atoms with Crippen molar-refractivity contribution in [2.75, 3.05) is 20.2 Å². The molecule has 60 valence electrons. The Morgan fingerprint density at radius 1 is 1.70 bits per heavy atom. The van der Waals surface area contributed by atoms with E-state index in [-0.39, 0.29) is 0 Å². The van der Waals surface area contributed by atoms with Crippen LogP contribution in [0.1, 0.15) is 19.8 Å². The molecule has 0 spiro atoms. The molecule has 0 aromatic heterocycles. The Morgan fingerprint density at radius 2 is 2.40 bits per heavy atom. The Morgan fingerprint density at radius 3 is 2.70 bits per heavy atom. The van der Waals surface area contributed by atoms with Crippen LogP contribution in [0.5, 0.6) is 0 Å². The molecule has 1 heterocycles. The second-order valence-corrected chi connectivity index (χ2v) is 2.92. The highest BCUT2D eigenvalue weighted by molar-refractivity contribution is 4.76. The molecule has 1 aliphatic heterocycles. The van der Waals surface area contributed by atoms with Crippen molar-refractivity contribution in [2.24, 2.45) is 5.92 Å². The molecule has 2 atom stereocenters. The van der Waals surface area contributed by atoms with E-state index in [1.54, 1.807) is 0 Å². The van der Waals surface area contributed by atoms with E-state index in [9.17, 15) is 0 Å². The van der Waals surface area contributed by atoms with E-state index in [2.05, 4.69) is 12.2 Å². The van der Waals surface area contributed by atoms with E-state index in [0.29, 0.717) is 6.10 Å². The van der Waals surface area contributed by atoms with Crippen molar-refractivity contribution in [3.63, 3.8) is 0 Å². The lowest BCUT2D eigenvalue weighted by Crippen LogP contribution is -2.38. The van der Waals surface area contributed by atoms with E-state index in [1.807, 2.05) is 7.05 Å². The Balaban J connectivity index is 2.17. The minimum absolute atomic E-state index is 0.553. The van der Waals surface area contributed by atoms with Crippen molar-refractivity contribution >= 4 is 0 Å². The topological polar surface area (TPSA) is 21.3 Å². The highest BCUT2D eigenvalue weighted by atomic mass is 16.5. The molecule has 0 saturated carbocycles. The maximum atomic E-state index is 5.40. The van der Waals surface area contributed by atoms with Gasteiger partial charge >= 0.3 is 0 Å². The first-order valence-corrected chi connectivity index (χ1v) is 4.14. The van der Waals surface area contributed by atoms with Gasteiger partial charge in [0.25, 0.3) is 0 Å². The first kappa shape index (κ1) is 8.02. The van der Waals surface area contributed by atoms with E-state index < -0.39 is 0 Å². The third kappa shape index (κ3) is 1.70. The Kier molecular flexibility index (Phi) is 3.16. The van der Waals surface area contributed by atoms with E-state index in [1.165, 1.54) is 12.8 Å². The molecule has 0 aliphatic carbocycles. The molecule has 0 aromatic rings. The molecule has 1 saturated heterocycles. The van der Waals surface area contributed by atoms with Gasteiger partial charge in [0, 0.05) is 13.2 Å². The molecule has 2 nitrogen and oxygen atoms in total. The lowest BCUT2D eigenvalue weighted by Gasteiger charge is -2.33. The molecular formula is C8H17NO. The lowest BCUT2D eigenvalue weighted by molar-refractivity contribution is -0.0844. The summed E-state index contributed by atoms with van der Waals surface area (Å²) >= 11 is 0. The van der Waals surface area contributed by atoms with Crippen LogP contribution in [-0.2, 0) is 4.74 Å². The van der Waals surface area contributed by atoms with Crippen LogP contribution >= 0.6 is 0 Å². The number of ether oxygens (including phenoxy) is 1. The van der Waals surface area contributed by atoms with Crippen molar-refractivity contribution in [3.05, 3.63) is 0 Å². The minimum Gasteiger partial charge on any atom is -0.378 e. The molecule has 0 radical (unpaired) electrons. The van der Waals surface area contributed by atoms with Crippen LogP contribution in [-0.4, -0.2) is 26.3 Å². The van der Waals surface area contributed by atoms with Gasteiger partial charge in [-0.25, -0.2) is 0 Å². The number of hydrogen-bond donors (Lipinski definition) is 1. The molecule has 0 amide bonds. The van der Waals surface area contributed by atoms with Crippen LogP contribution in [0.25, 0.3) is 0 Å². The van der Waals surface area contributed by atoms with Gasteiger partial charge in [0.1, 0.15) is 0 Å². The predicted molar refractivity (Wildman–Crippen MR) is 42.1 cm³/mol. The maximum absolute atomic E-state index is 5.40. The van der Waals surface area contributed by atoms with E-state index in [0.717, 1.165) is 19.1 Å². The van der Waals surface area contributed by atoms with Crippen LogP contribution in [0.3, 0.4) is 0 Å². The van der Waals surface area contributed by atoms with E-state index in [4.69, 9.17) is 4.74 Å². The summed E-state index contributed by atoms with van der Waals surface area (Å²) in [5.74, 6) is 0.735. The number of hydrogen-bond acceptors (Lipinski definition) is 2. The summed E-state index contributed by atoms with van der Waals surface area (Å²) in [6, 6.07) is 0. The second kappa shape index (κ2) is 3.94. The van der Waals surface area contributed by atoms with Crippen LogP contribution < -0.4 is 5.32 Å². The highest BCUT2D eigenvalue weighted by Gasteiger charge is 2.25. The van der Waals surface area contributed by atoms with Gasteiger partial charge < -0.3 is 10.1 Å². The minimum atomic E-state index is 0.553. The molecule has 1 N–H and O–H groups in total. The van der Waals surface area contributed by atoms with Crippen LogP contribution in [0.4, 0.5) is 0 Å². The van der Waals surface area contributed by atoms with Gasteiger partial charge in [-0.05, 0) is 25.8 Å². The Labute approximate surface area is 63.0 Å². The van der Waals surface area contributed by atoms with Crippen molar-refractivity contribution in [1.29, 1.82) is 0 Å². The standard InChI is InChI=1S/C8H17NO/c1-3-7(6-9-2)8-4-5-10-8/h7-9H,3-6H2,1-2H3. The van der Waals surface area contributed by atoms with Gasteiger partial charge in [-0.1, -0.05) is 6.92 Å². The molecular weight excluding hydrogens is 126 g/mol. The summed E-state index contributed by atoms with van der Waals surface area (Å²) in [6.07, 6.45) is 3.04. The summed E-state index contributed by atoms with van der Waals surface area (Å²) in [5.41, 5.74) is 0. The SMILES string of the molecule is CCC(CNC)C1CCO1. The fourth-order valence-corrected chi connectivity index (χ4v) is 1.43. The molecule has 2 unspecified atom stereocenters. The smallest absolute Gasteiger partial charge is 0.0637 e. The van der Waals surface area contributed by atoms with E-state index >= 15 is 0 Å². The van der Waals surface area contributed by atoms with Gasteiger partial charge in [0.05, 0.1) is 6.10 Å². The zero-order chi connectivity index (χ0) is 7.40. The normalized spacial score (nSPS) is 27.6. The van der Waals surface area contributed by atoms with Crippen molar-refractivity contribution in [1.82, 2.24) is 5.32 Å². The first-order chi connectivity index (χ1) is 4.88. The van der Waals surface area contributed by atoms with Gasteiger partial charge in [0.2, 0.25) is 0 Å². The highest BCUT2D eigenvalue weighted by Crippen LogP contribution is 2.22. The average molecular weight is 143 g/mol. The average Bonchev–Trinajstić information content (AvgIpc) is 1.83. The van der Waals surface area contributed by atoms with Crippen LogP contribution in [0.2, 0.25) is 0 Å². The molecule has 1 rings (SSSR count). The van der Waals surface area contributed by atoms with Crippen molar-refractivity contribution < 1.29 is 4.74 Å². The van der Waals surface area contributed by atoms with Gasteiger partial charge in [-0.3, -0.25) is 0 Å². The fraction of sp³-hybridized carbons (Fsp3) is 1.00. The van der Waals surface area contributed by atoms with Gasteiger partial charge in [0.15, 0.2) is 0 Å². The molecule has 1 aliphatic rings. The summed E-state index contributed by atoms with van der Waals surface area (Å²) in [7, 11) is 2.00. The Hall–Kier alpha value is -0.0800. The molecule has 1 fully saturated rings. The van der Waals surface area contributed by atoms with Crippen molar-refractivity contribution in [3.8, 4) is 0 Å². The maximum Gasteiger partial charge on any atom is 0.0637 e. The monoisotopic (exact) mass is 143 g/mol. The molecule has 10 heavy (non-hydrogen) atoms. The van der Waals surface area contributed by atoms with Crippen molar-refractivity contribution in [2.45, 2.75) is 25.9 Å². The third-order valence-electron chi connectivity index (χ3n) is 2.25. The lowest BCUT2D eigenvalue weighted by atomic mass is 9.94. The third-order valence-corrected chi connectivity index (χ3v) is 2.25. The summed E-state index contributed by atoms with van der Waals surface area (Å²) in [6.45, 7) is 4.30. The molecule has 0 bridgehead atoms. The molecule has 0 aromatic carbocycles. The van der Waals surface area contributed by atoms with Gasteiger partial charge in [-0.15, -0.1) is 0 Å². The number of rotatable bonds is 4. The largest absolute Gasteiger partial charge is 0.378 e. The first-order valence-electron chi connectivity index (χ1n) is 4.14. The summed E-state index contributed by atoms with van der Waals surface area (Å²) < 4.78 is 5.40. The summed E-state index contributed by atoms with van der Waals surface area (Å²) in [4.78, 5) is 0. The van der Waals surface area contributed by atoms with Gasteiger partial charge in [-0.2, -0.15) is 0 Å². The quantitative estimate of drug-likeness (QED) is 0.634. The Bertz CT molecular complexity index is 91.3. The zero-order valence-electron chi connectivity index (χ0n) is 6.89. The second-order valence-electron chi connectivity index (χ2n) is 2.92. The molecule has 2 heteroatoms. The van der Waals surface area contributed by atoms with Crippen LogP contribution in [0.15, 0.2) is 0 Å². The zero-order valence-corrected chi connectivity index (χ0v) is 6.89. The predicted octanol–water partition coefficient (Wildman–Crippen LogP) is 1.02. The fourth-order valence-electron chi connectivity index (χ4n) is 1.43.